The van der Waals surface area contributed by atoms with Crippen LogP contribution < -0.4 is 10.2 Å². The lowest BCUT2D eigenvalue weighted by atomic mass is 9.99. The molecular weight excluding hydrogens is 550 g/mol. The molecule has 3 amide bonds. The number of carbonyl (C=O) groups is 4. The van der Waals surface area contributed by atoms with Gasteiger partial charge < -0.3 is 24.4 Å². The van der Waals surface area contributed by atoms with Crippen LogP contribution in [0.5, 0.6) is 0 Å². The molecule has 1 fully saturated rings. The molecule has 0 bridgehead atoms. The van der Waals surface area contributed by atoms with Gasteiger partial charge in [0.1, 0.15) is 19.3 Å². The fourth-order valence-electron chi connectivity index (χ4n) is 5.01. The Morgan fingerprint density at radius 2 is 1.56 bits per heavy atom. The number of ether oxygens (including phenoxy) is 3. The summed E-state index contributed by atoms with van der Waals surface area (Å²) in [6.45, 7) is 2.31. The average Bonchev–Trinajstić information content (AvgIpc) is 3.64. The summed E-state index contributed by atoms with van der Waals surface area (Å²) in [4.78, 5) is 53.4. The second kappa shape index (κ2) is 13.8. The summed E-state index contributed by atoms with van der Waals surface area (Å²) in [5.41, 5.74) is 3.74. The predicted octanol–water partition coefficient (Wildman–Crippen LogP) is 3.70. The predicted molar refractivity (Wildman–Crippen MR) is 159 cm³/mol. The van der Waals surface area contributed by atoms with Crippen molar-refractivity contribution in [3.05, 3.63) is 108 Å². The van der Waals surface area contributed by atoms with Crippen LogP contribution in [0.25, 0.3) is 5.57 Å². The smallest absolute Gasteiger partial charge is 0.414 e. The maximum absolute atomic E-state index is 13.5. The van der Waals surface area contributed by atoms with E-state index in [1.165, 1.54) is 16.7 Å². The van der Waals surface area contributed by atoms with Gasteiger partial charge in [0, 0.05) is 19.2 Å². The summed E-state index contributed by atoms with van der Waals surface area (Å²) in [5.74, 6) is -1.07. The van der Waals surface area contributed by atoms with Crippen molar-refractivity contribution in [1.82, 2.24) is 10.2 Å². The average molecular weight is 584 g/mol. The number of rotatable bonds is 11. The Hall–Kier alpha value is -4.96. The quantitative estimate of drug-likeness (QED) is 0.343. The maximum Gasteiger partial charge on any atom is 0.414 e. The number of nitrogens with zero attached hydrogens (tertiary/aromatic N) is 2. The van der Waals surface area contributed by atoms with Crippen molar-refractivity contribution in [2.75, 3.05) is 31.1 Å². The number of carbonyl (C=O) groups excluding carboxylic acids is 4. The standard InChI is InChI=1S/C33H33N3O7/c1-23(37)34-18-28-19-36(33(40)43-28)27-14-12-26(13-15-27)29-16-17-35(30(38)22-41-20-24-8-4-2-5-9-24)31(29)32(39)42-21-25-10-6-3-7-11-25/h2-16,28,31H,17-22H2,1H3,(H,34,37)/t28-,31-/m0/s1. The molecule has 0 spiro atoms. The molecule has 2 atom stereocenters. The van der Waals surface area contributed by atoms with Gasteiger partial charge in [-0.1, -0.05) is 78.9 Å². The molecular formula is C33H33N3O7. The minimum absolute atomic E-state index is 0.0751. The van der Waals surface area contributed by atoms with Crippen molar-refractivity contribution in [1.29, 1.82) is 0 Å². The summed E-state index contributed by atoms with van der Waals surface area (Å²) in [6, 6.07) is 25.0. The molecule has 0 aliphatic carbocycles. The zero-order valence-corrected chi connectivity index (χ0v) is 23.8. The Kier molecular flexibility index (Phi) is 9.48. The Bertz CT molecular complexity index is 1480. The monoisotopic (exact) mass is 583 g/mol. The van der Waals surface area contributed by atoms with Crippen molar-refractivity contribution >= 4 is 35.1 Å². The Labute approximate surface area is 249 Å². The lowest BCUT2D eigenvalue weighted by molar-refractivity contribution is -0.154. The summed E-state index contributed by atoms with van der Waals surface area (Å²) >= 11 is 0. The second-order valence-electron chi connectivity index (χ2n) is 10.3. The van der Waals surface area contributed by atoms with Crippen LogP contribution in [0.1, 0.15) is 23.6 Å². The van der Waals surface area contributed by atoms with E-state index in [-0.39, 0.29) is 44.7 Å². The van der Waals surface area contributed by atoms with Gasteiger partial charge in [-0.15, -0.1) is 0 Å². The third kappa shape index (κ3) is 7.47. The van der Waals surface area contributed by atoms with Gasteiger partial charge in [-0.05, 0) is 34.4 Å². The first-order valence-electron chi connectivity index (χ1n) is 14.0. The molecule has 5 rings (SSSR count). The van der Waals surface area contributed by atoms with Crippen LogP contribution in [0.3, 0.4) is 0 Å². The lowest BCUT2D eigenvalue weighted by Gasteiger charge is -2.26. The molecule has 2 heterocycles. The van der Waals surface area contributed by atoms with E-state index in [0.717, 1.165) is 11.1 Å². The summed E-state index contributed by atoms with van der Waals surface area (Å²) in [7, 11) is 0. The molecule has 10 nitrogen and oxygen atoms in total. The van der Waals surface area contributed by atoms with E-state index in [4.69, 9.17) is 14.2 Å². The third-order valence-corrected chi connectivity index (χ3v) is 7.18. The molecule has 0 aromatic heterocycles. The van der Waals surface area contributed by atoms with E-state index in [1.807, 2.05) is 66.7 Å². The largest absolute Gasteiger partial charge is 0.459 e. The fraction of sp³-hybridized carbons (Fsp3) is 0.273. The Morgan fingerprint density at radius 1 is 0.907 bits per heavy atom. The minimum atomic E-state index is -0.957. The summed E-state index contributed by atoms with van der Waals surface area (Å²) < 4.78 is 16.7. The van der Waals surface area contributed by atoms with E-state index < -0.39 is 24.2 Å². The molecule has 10 heteroatoms. The van der Waals surface area contributed by atoms with Crippen molar-refractivity contribution < 1.29 is 33.4 Å². The van der Waals surface area contributed by atoms with Gasteiger partial charge in [-0.2, -0.15) is 0 Å². The number of hydrogen-bond donors (Lipinski definition) is 1. The van der Waals surface area contributed by atoms with Gasteiger partial charge in [0.25, 0.3) is 0 Å². The van der Waals surface area contributed by atoms with Gasteiger partial charge in [0.15, 0.2) is 6.04 Å². The lowest BCUT2D eigenvalue weighted by Crippen LogP contribution is -2.44. The van der Waals surface area contributed by atoms with E-state index >= 15 is 0 Å². The molecule has 2 aliphatic rings. The number of esters is 1. The number of anilines is 1. The van der Waals surface area contributed by atoms with Crippen LogP contribution >= 0.6 is 0 Å². The molecule has 0 saturated carbocycles. The highest BCUT2D eigenvalue weighted by atomic mass is 16.6. The van der Waals surface area contributed by atoms with Crippen LogP contribution in [0.4, 0.5) is 10.5 Å². The van der Waals surface area contributed by atoms with E-state index in [2.05, 4.69) is 5.32 Å². The van der Waals surface area contributed by atoms with E-state index in [1.54, 1.807) is 24.3 Å². The zero-order chi connectivity index (χ0) is 30.2. The highest BCUT2D eigenvalue weighted by Crippen LogP contribution is 2.31. The van der Waals surface area contributed by atoms with Gasteiger partial charge >= 0.3 is 12.1 Å². The van der Waals surface area contributed by atoms with Crippen LogP contribution in [0.15, 0.2) is 91.0 Å². The highest BCUT2D eigenvalue weighted by Gasteiger charge is 2.39. The van der Waals surface area contributed by atoms with Crippen molar-refractivity contribution in [3.63, 3.8) is 0 Å². The first kappa shape index (κ1) is 29.5. The Balaban J connectivity index is 1.28. The van der Waals surface area contributed by atoms with E-state index in [0.29, 0.717) is 23.4 Å². The SMILES string of the molecule is CC(=O)NC[C@H]1CN(c2ccc(C3=CCN(C(=O)COCc4ccccc4)[C@@H]3C(=O)OCc3ccccc3)cc2)C(=O)O1. The molecule has 3 aromatic carbocycles. The topological polar surface area (TPSA) is 114 Å². The molecule has 0 radical (unpaired) electrons. The molecule has 43 heavy (non-hydrogen) atoms. The van der Waals surface area contributed by atoms with Gasteiger partial charge in [-0.25, -0.2) is 9.59 Å². The van der Waals surface area contributed by atoms with Crippen LogP contribution in [-0.4, -0.2) is 67.2 Å². The van der Waals surface area contributed by atoms with Gasteiger partial charge in [0.05, 0.1) is 19.7 Å². The van der Waals surface area contributed by atoms with Crippen molar-refractivity contribution in [3.8, 4) is 0 Å². The number of benzene rings is 3. The van der Waals surface area contributed by atoms with Gasteiger partial charge in [-0.3, -0.25) is 14.5 Å². The van der Waals surface area contributed by atoms with Crippen molar-refractivity contribution in [2.45, 2.75) is 32.3 Å². The molecule has 222 valence electrons. The molecule has 1 saturated heterocycles. The molecule has 3 aromatic rings. The number of hydrogen-bond acceptors (Lipinski definition) is 7. The number of nitrogens with one attached hydrogen (secondary N) is 1. The molecule has 1 N–H and O–H groups in total. The Morgan fingerprint density at radius 3 is 2.21 bits per heavy atom. The molecule has 0 unspecified atom stereocenters. The maximum atomic E-state index is 13.5. The fourth-order valence-corrected chi connectivity index (χ4v) is 5.01. The minimum Gasteiger partial charge on any atom is -0.459 e. The normalized spacial score (nSPS) is 17.8. The third-order valence-electron chi connectivity index (χ3n) is 7.18. The summed E-state index contributed by atoms with van der Waals surface area (Å²) in [5, 5.41) is 2.66. The summed E-state index contributed by atoms with van der Waals surface area (Å²) in [6.07, 6.45) is 0.880. The zero-order valence-electron chi connectivity index (χ0n) is 23.8. The molecule has 2 aliphatic heterocycles. The van der Waals surface area contributed by atoms with E-state index in [9.17, 15) is 19.2 Å². The first-order chi connectivity index (χ1) is 20.9. The van der Waals surface area contributed by atoms with Crippen molar-refractivity contribution in [2.24, 2.45) is 0 Å². The van der Waals surface area contributed by atoms with Crippen LogP contribution in [0.2, 0.25) is 0 Å². The second-order valence-corrected chi connectivity index (χ2v) is 10.3. The first-order valence-corrected chi connectivity index (χ1v) is 14.0. The van der Waals surface area contributed by atoms with Gasteiger partial charge in [0.2, 0.25) is 11.8 Å². The van der Waals surface area contributed by atoms with Crippen LogP contribution in [0, 0.1) is 0 Å². The van der Waals surface area contributed by atoms with Crippen LogP contribution in [-0.2, 0) is 41.8 Å². The number of amides is 3. The highest BCUT2D eigenvalue weighted by molar-refractivity contribution is 5.99. The number of cyclic esters (lactones) is 1.